The van der Waals surface area contributed by atoms with Gasteiger partial charge >= 0.3 is 0 Å². The van der Waals surface area contributed by atoms with Crippen LogP contribution in [0.15, 0.2) is 36.5 Å². The second kappa shape index (κ2) is 9.94. The molecule has 8 heteroatoms. The van der Waals surface area contributed by atoms with Gasteiger partial charge in [-0.15, -0.1) is 0 Å². The number of fused-ring (bicyclic) bond motifs is 1. The zero-order chi connectivity index (χ0) is 21.8. The fourth-order valence-electron chi connectivity index (χ4n) is 4.69. The van der Waals surface area contributed by atoms with Crippen molar-refractivity contribution in [2.75, 3.05) is 51.4 Å². The summed E-state index contributed by atoms with van der Waals surface area (Å²) in [5.41, 5.74) is 3.29. The van der Waals surface area contributed by atoms with Crippen LogP contribution in [0.3, 0.4) is 0 Å². The topological polar surface area (TPSA) is 79.8 Å². The number of anilines is 1. The van der Waals surface area contributed by atoms with Crippen molar-refractivity contribution in [2.24, 2.45) is 0 Å². The zero-order valence-corrected chi connectivity index (χ0v) is 18.4. The summed E-state index contributed by atoms with van der Waals surface area (Å²) in [6.07, 6.45) is 4.64. The predicted octanol–water partition coefficient (Wildman–Crippen LogP) is 2.03. The van der Waals surface area contributed by atoms with Crippen LogP contribution < -0.4 is 5.32 Å². The highest BCUT2D eigenvalue weighted by Crippen LogP contribution is 2.25. The summed E-state index contributed by atoms with van der Waals surface area (Å²) in [5, 5.41) is 3.44. The quantitative estimate of drug-likeness (QED) is 0.767. The van der Waals surface area contributed by atoms with Crippen molar-refractivity contribution >= 4 is 11.9 Å². The van der Waals surface area contributed by atoms with Gasteiger partial charge in [0.05, 0.1) is 38.0 Å². The molecule has 1 aromatic carbocycles. The average molecular weight is 438 g/mol. The fourth-order valence-corrected chi connectivity index (χ4v) is 4.69. The maximum atomic E-state index is 13.2. The lowest BCUT2D eigenvalue weighted by atomic mass is 10.0. The lowest BCUT2D eigenvalue weighted by Gasteiger charge is -2.37. The number of carbonyl (C=O) groups excluding carboxylic acids is 1. The second-order valence-electron chi connectivity index (χ2n) is 8.73. The summed E-state index contributed by atoms with van der Waals surface area (Å²) in [5.74, 6) is 0.804. The summed E-state index contributed by atoms with van der Waals surface area (Å²) in [4.78, 5) is 26.7. The van der Waals surface area contributed by atoms with E-state index in [0.717, 1.165) is 50.3 Å². The van der Waals surface area contributed by atoms with Crippen LogP contribution in [0.1, 0.15) is 35.7 Å². The van der Waals surface area contributed by atoms with E-state index in [9.17, 15) is 4.79 Å². The van der Waals surface area contributed by atoms with Gasteiger partial charge in [0.25, 0.3) is 0 Å². The van der Waals surface area contributed by atoms with Gasteiger partial charge in [0, 0.05) is 38.5 Å². The van der Waals surface area contributed by atoms with Crippen molar-refractivity contribution in [1.82, 2.24) is 19.8 Å². The van der Waals surface area contributed by atoms with Gasteiger partial charge in [-0.25, -0.2) is 9.97 Å². The largest absolute Gasteiger partial charge is 0.381 e. The monoisotopic (exact) mass is 437 g/mol. The van der Waals surface area contributed by atoms with E-state index in [1.54, 1.807) is 0 Å². The number of morpholine rings is 1. The highest BCUT2D eigenvalue weighted by Gasteiger charge is 2.29. The van der Waals surface area contributed by atoms with E-state index in [1.165, 1.54) is 5.56 Å². The van der Waals surface area contributed by atoms with E-state index < -0.39 is 0 Å². The molecule has 0 saturated carbocycles. The van der Waals surface area contributed by atoms with Gasteiger partial charge in [0.1, 0.15) is 0 Å². The molecule has 2 saturated heterocycles. The molecule has 3 aliphatic heterocycles. The first kappa shape index (κ1) is 21.3. The molecule has 0 aliphatic carbocycles. The van der Waals surface area contributed by atoms with Crippen molar-refractivity contribution in [2.45, 2.75) is 37.9 Å². The number of aromatic nitrogens is 2. The van der Waals surface area contributed by atoms with E-state index in [4.69, 9.17) is 14.5 Å². The fraction of sp³-hybridized carbons (Fsp3) is 0.542. The molecule has 170 valence electrons. The van der Waals surface area contributed by atoms with Gasteiger partial charge in [0.15, 0.2) is 0 Å². The number of rotatable bonds is 5. The standard InChI is InChI=1S/C24H31N5O3/c30-23(16-28-10-13-32-17-22(28)18-4-2-1-3-5-18)29-9-6-19-14-25-24(27-21(19)15-29)26-20-7-11-31-12-8-20/h1-5,14,20,22H,6-13,15-17H2,(H,25,26,27). The summed E-state index contributed by atoms with van der Waals surface area (Å²) in [6, 6.07) is 10.8. The van der Waals surface area contributed by atoms with Gasteiger partial charge in [-0.3, -0.25) is 9.69 Å². The predicted molar refractivity (Wildman–Crippen MR) is 120 cm³/mol. The van der Waals surface area contributed by atoms with Crippen LogP contribution in [0.4, 0.5) is 5.95 Å². The minimum absolute atomic E-state index is 0.114. The molecule has 3 aliphatic rings. The minimum Gasteiger partial charge on any atom is -0.381 e. The van der Waals surface area contributed by atoms with Gasteiger partial charge in [0.2, 0.25) is 11.9 Å². The number of nitrogens with one attached hydrogen (secondary N) is 1. The summed E-state index contributed by atoms with van der Waals surface area (Å²) in [6.45, 7) is 5.24. The third kappa shape index (κ3) is 4.92. The van der Waals surface area contributed by atoms with Crippen molar-refractivity contribution in [3.63, 3.8) is 0 Å². The molecule has 1 N–H and O–H groups in total. The van der Waals surface area contributed by atoms with Crippen LogP contribution in [0.25, 0.3) is 0 Å². The minimum atomic E-state index is 0.114. The van der Waals surface area contributed by atoms with Crippen molar-refractivity contribution in [3.05, 3.63) is 53.3 Å². The Hall–Kier alpha value is -2.55. The molecule has 0 radical (unpaired) electrons. The van der Waals surface area contributed by atoms with Crippen LogP contribution in [0.5, 0.6) is 0 Å². The van der Waals surface area contributed by atoms with Crippen LogP contribution >= 0.6 is 0 Å². The number of hydrogen-bond donors (Lipinski definition) is 1. The molecule has 1 atom stereocenters. The summed E-state index contributed by atoms with van der Waals surface area (Å²) >= 11 is 0. The van der Waals surface area contributed by atoms with Crippen LogP contribution in [0.2, 0.25) is 0 Å². The van der Waals surface area contributed by atoms with Crippen molar-refractivity contribution in [1.29, 1.82) is 0 Å². The smallest absolute Gasteiger partial charge is 0.237 e. The molecule has 1 amide bonds. The molecule has 4 heterocycles. The van der Waals surface area contributed by atoms with Gasteiger partial charge in [-0.2, -0.15) is 0 Å². The van der Waals surface area contributed by atoms with Crippen molar-refractivity contribution < 1.29 is 14.3 Å². The van der Waals surface area contributed by atoms with E-state index in [0.29, 0.717) is 44.8 Å². The Labute approximate surface area is 188 Å². The molecular weight excluding hydrogens is 406 g/mol. The molecule has 2 fully saturated rings. The van der Waals surface area contributed by atoms with Gasteiger partial charge in [-0.05, 0) is 30.4 Å². The van der Waals surface area contributed by atoms with Gasteiger partial charge < -0.3 is 19.7 Å². The van der Waals surface area contributed by atoms with E-state index >= 15 is 0 Å². The van der Waals surface area contributed by atoms with Gasteiger partial charge in [-0.1, -0.05) is 30.3 Å². The Kier molecular flexibility index (Phi) is 6.61. The molecule has 1 aromatic heterocycles. The molecular formula is C24H31N5O3. The number of benzene rings is 1. The number of hydrogen-bond acceptors (Lipinski definition) is 7. The third-order valence-corrected chi connectivity index (χ3v) is 6.62. The van der Waals surface area contributed by atoms with E-state index in [-0.39, 0.29) is 11.9 Å². The van der Waals surface area contributed by atoms with E-state index in [1.807, 2.05) is 29.3 Å². The summed E-state index contributed by atoms with van der Waals surface area (Å²) in [7, 11) is 0. The first-order valence-electron chi connectivity index (χ1n) is 11.6. The average Bonchev–Trinajstić information content (AvgIpc) is 2.85. The normalized spacial score (nSPS) is 22.4. The Morgan fingerprint density at radius 2 is 1.94 bits per heavy atom. The van der Waals surface area contributed by atoms with Crippen molar-refractivity contribution in [3.8, 4) is 0 Å². The van der Waals surface area contributed by atoms with E-state index in [2.05, 4.69) is 27.3 Å². The molecule has 2 aromatic rings. The summed E-state index contributed by atoms with van der Waals surface area (Å²) < 4.78 is 11.1. The Morgan fingerprint density at radius 3 is 2.78 bits per heavy atom. The number of nitrogens with zero attached hydrogens (tertiary/aromatic N) is 4. The maximum absolute atomic E-state index is 13.2. The molecule has 5 rings (SSSR count). The third-order valence-electron chi connectivity index (χ3n) is 6.62. The molecule has 0 spiro atoms. The number of amides is 1. The van der Waals surface area contributed by atoms with Crippen LogP contribution in [-0.4, -0.2) is 77.8 Å². The second-order valence-corrected chi connectivity index (χ2v) is 8.73. The Balaban J connectivity index is 1.23. The number of ether oxygens (including phenoxy) is 2. The lowest BCUT2D eigenvalue weighted by Crippen LogP contribution is -2.47. The molecule has 0 bridgehead atoms. The number of carbonyl (C=O) groups is 1. The zero-order valence-electron chi connectivity index (χ0n) is 18.4. The molecule has 8 nitrogen and oxygen atoms in total. The van der Waals surface area contributed by atoms with Crippen LogP contribution in [-0.2, 0) is 27.2 Å². The Bertz CT molecular complexity index is 919. The maximum Gasteiger partial charge on any atom is 0.237 e. The highest BCUT2D eigenvalue weighted by molar-refractivity contribution is 5.78. The highest BCUT2D eigenvalue weighted by atomic mass is 16.5. The Morgan fingerprint density at radius 1 is 1.09 bits per heavy atom. The van der Waals surface area contributed by atoms with Crippen LogP contribution in [0, 0.1) is 0 Å². The molecule has 32 heavy (non-hydrogen) atoms. The first-order chi connectivity index (χ1) is 15.8. The molecule has 1 unspecified atom stereocenters. The first-order valence-corrected chi connectivity index (χ1v) is 11.6. The lowest BCUT2D eigenvalue weighted by molar-refractivity contribution is -0.135. The SMILES string of the molecule is O=C(CN1CCOCC1c1ccccc1)N1CCc2cnc(NC3CCOCC3)nc2C1.